The second kappa shape index (κ2) is 5.38. The zero-order chi connectivity index (χ0) is 16.8. The Morgan fingerprint density at radius 3 is 2.58 bits per heavy atom. The average Bonchev–Trinajstić information content (AvgIpc) is 2.58. The van der Waals surface area contributed by atoms with E-state index in [4.69, 9.17) is 0 Å². The molecule has 0 aliphatic carbocycles. The first-order valence-corrected chi connectivity index (χ1v) is 7.81. The van der Waals surface area contributed by atoms with E-state index in [1.54, 1.807) is 0 Å². The molecule has 4 rings (SSSR count). The summed E-state index contributed by atoms with van der Waals surface area (Å²) in [4.78, 5) is 23.7. The molecule has 2 heterocycles. The molecule has 24 heavy (non-hydrogen) atoms. The fourth-order valence-electron chi connectivity index (χ4n) is 3.89. The number of non-ortho nitro benzene ring substituents is 1. The van der Waals surface area contributed by atoms with Gasteiger partial charge in [0.2, 0.25) is 0 Å². The number of hydrogen-bond donors (Lipinski definition) is 0. The molecule has 0 spiro atoms. The van der Waals surface area contributed by atoms with Crippen LogP contribution < -0.4 is 0 Å². The molecule has 2 aromatic carbocycles. The Morgan fingerprint density at radius 2 is 1.83 bits per heavy atom. The number of nitro groups is 2. The van der Waals surface area contributed by atoms with Gasteiger partial charge in [0.1, 0.15) is 0 Å². The molecular formula is C17H15N3O4. The largest absolute Gasteiger partial charge is 0.291 e. The first-order chi connectivity index (χ1) is 11.5. The van der Waals surface area contributed by atoms with Crippen molar-refractivity contribution in [2.45, 2.75) is 25.4 Å². The monoisotopic (exact) mass is 325 g/mol. The van der Waals surface area contributed by atoms with Crippen molar-refractivity contribution in [3.8, 4) is 0 Å². The molecule has 1 unspecified atom stereocenters. The third-order valence-electron chi connectivity index (χ3n) is 5.01. The van der Waals surface area contributed by atoms with Crippen molar-refractivity contribution in [1.82, 2.24) is 4.90 Å². The summed E-state index contributed by atoms with van der Waals surface area (Å²) in [7, 11) is 0. The Labute approximate surface area is 137 Å². The fourth-order valence-corrected chi connectivity index (χ4v) is 3.89. The van der Waals surface area contributed by atoms with Gasteiger partial charge in [-0.15, -0.1) is 0 Å². The van der Waals surface area contributed by atoms with E-state index in [-0.39, 0.29) is 17.4 Å². The van der Waals surface area contributed by atoms with Crippen LogP contribution in [0.1, 0.15) is 28.3 Å². The standard InChI is InChI=1S/C17H15N3O4/c21-19(22)13-7-12-10-18-6-5-11-3-1-2-4-14(11)16(18)9-15(12)17(8-13)20(23)24/h1-4,7-8,16H,5-6,9-10H2. The van der Waals surface area contributed by atoms with E-state index in [2.05, 4.69) is 17.0 Å². The number of hydrogen-bond acceptors (Lipinski definition) is 5. The lowest BCUT2D eigenvalue weighted by molar-refractivity contribution is -0.394. The summed E-state index contributed by atoms with van der Waals surface area (Å²) in [6.07, 6.45) is 1.44. The highest BCUT2D eigenvalue weighted by molar-refractivity contribution is 5.56. The van der Waals surface area contributed by atoms with Crippen LogP contribution in [0.25, 0.3) is 0 Å². The first kappa shape index (κ1) is 14.8. The minimum atomic E-state index is -0.565. The molecule has 2 aliphatic heterocycles. The zero-order valence-electron chi connectivity index (χ0n) is 12.8. The lowest BCUT2D eigenvalue weighted by atomic mass is 9.83. The van der Waals surface area contributed by atoms with Gasteiger partial charge >= 0.3 is 0 Å². The maximum absolute atomic E-state index is 11.4. The van der Waals surface area contributed by atoms with Crippen molar-refractivity contribution in [3.05, 3.63) is 78.9 Å². The SMILES string of the molecule is O=[N+]([O-])c1cc2c(c([N+](=O)[O-])c1)CC1c3ccccc3CCN1C2. The van der Waals surface area contributed by atoms with E-state index in [9.17, 15) is 20.2 Å². The summed E-state index contributed by atoms with van der Waals surface area (Å²) >= 11 is 0. The van der Waals surface area contributed by atoms with Crippen LogP contribution in [0, 0.1) is 20.2 Å². The van der Waals surface area contributed by atoms with Crippen LogP contribution in [0.5, 0.6) is 0 Å². The number of benzene rings is 2. The van der Waals surface area contributed by atoms with Crippen LogP contribution in [-0.4, -0.2) is 21.3 Å². The maximum atomic E-state index is 11.4. The number of nitro benzene ring substituents is 2. The van der Waals surface area contributed by atoms with Gasteiger partial charge in [-0.3, -0.25) is 25.1 Å². The van der Waals surface area contributed by atoms with E-state index in [0.29, 0.717) is 24.1 Å². The first-order valence-electron chi connectivity index (χ1n) is 7.81. The summed E-state index contributed by atoms with van der Waals surface area (Å²) in [5.74, 6) is 0. The smallest absolute Gasteiger partial charge is 0.279 e. The van der Waals surface area contributed by atoms with Crippen molar-refractivity contribution in [2.24, 2.45) is 0 Å². The maximum Gasteiger partial charge on any atom is 0.279 e. The van der Waals surface area contributed by atoms with E-state index < -0.39 is 9.85 Å². The van der Waals surface area contributed by atoms with E-state index >= 15 is 0 Å². The van der Waals surface area contributed by atoms with Gasteiger partial charge in [-0.05, 0) is 29.5 Å². The molecule has 0 aromatic heterocycles. The summed E-state index contributed by atoms with van der Waals surface area (Å²) in [6.45, 7) is 1.37. The van der Waals surface area contributed by atoms with Gasteiger partial charge in [0.15, 0.2) is 0 Å². The Kier molecular flexibility index (Phi) is 3.31. The molecule has 1 atom stereocenters. The van der Waals surface area contributed by atoms with Gasteiger partial charge in [0.05, 0.1) is 15.9 Å². The quantitative estimate of drug-likeness (QED) is 0.625. The van der Waals surface area contributed by atoms with Crippen LogP contribution in [0.4, 0.5) is 11.4 Å². The Balaban J connectivity index is 1.83. The van der Waals surface area contributed by atoms with E-state index in [1.807, 2.05) is 12.1 Å². The van der Waals surface area contributed by atoms with Crippen LogP contribution in [0.2, 0.25) is 0 Å². The van der Waals surface area contributed by atoms with Crippen LogP contribution >= 0.6 is 0 Å². The Bertz CT molecular complexity index is 865. The molecule has 7 heteroatoms. The molecular weight excluding hydrogens is 310 g/mol. The van der Waals surface area contributed by atoms with Crippen molar-refractivity contribution >= 4 is 11.4 Å². The zero-order valence-corrected chi connectivity index (χ0v) is 12.8. The highest BCUT2D eigenvalue weighted by Crippen LogP contribution is 2.42. The topological polar surface area (TPSA) is 89.5 Å². The summed E-state index contributed by atoms with van der Waals surface area (Å²) in [5, 5.41) is 22.5. The van der Waals surface area contributed by atoms with Gasteiger partial charge in [0, 0.05) is 30.8 Å². The Hall–Kier alpha value is -2.80. The molecule has 0 N–H and O–H groups in total. The second-order valence-electron chi connectivity index (χ2n) is 6.26. The van der Waals surface area contributed by atoms with Gasteiger partial charge in [-0.1, -0.05) is 24.3 Å². The number of nitrogens with zero attached hydrogens (tertiary/aromatic N) is 3. The van der Waals surface area contributed by atoms with Gasteiger partial charge < -0.3 is 0 Å². The molecule has 2 aliphatic rings. The van der Waals surface area contributed by atoms with Crippen LogP contribution in [0.15, 0.2) is 36.4 Å². The number of fused-ring (bicyclic) bond motifs is 4. The van der Waals surface area contributed by atoms with Crippen molar-refractivity contribution in [2.75, 3.05) is 6.54 Å². The molecule has 0 bridgehead atoms. The fraction of sp³-hybridized carbons (Fsp3) is 0.294. The lowest BCUT2D eigenvalue weighted by Gasteiger charge is -2.41. The summed E-state index contributed by atoms with van der Waals surface area (Å²) < 4.78 is 0. The summed E-state index contributed by atoms with van der Waals surface area (Å²) in [6, 6.07) is 10.9. The molecule has 0 saturated heterocycles. The average molecular weight is 325 g/mol. The molecule has 0 amide bonds. The third kappa shape index (κ3) is 2.25. The molecule has 2 aromatic rings. The minimum Gasteiger partial charge on any atom is -0.291 e. The third-order valence-corrected chi connectivity index (χ3v) is 5.01. The normalized spacial score (nSPS) is 19.1. The van der Waals surface area contributed by atoms with Gasteiger partial charge in [-0.25, -0.2) is 0 Å². The van der Waals surface area contributed by atoms with Crippen molar-refractivity contribution in [3.63, 3.8) is 0 Å². The molecule has 0 fully saturated rings. The van der Waals surface area contributed by atoms with Gasteiger partial charge in [0.25, 0.3) is 11.4 Å². The van der Waals surface area contributed by atoms with Crippen molar-refractivity contribution < 1.29 is 9.85 Å². The second-order valence-corrected chi connectivity index (χ2v) is 6.26. The number of rotatable bonds is 2. The van der Waals surface area contributed by atoms with Gasteiger partial charge in [-0.2, -0.15) is 0 Å². The predicted octanol–water partition coefficient (Wildman–Crippen LogP) is 3.16. The molecule has 122 valence electrons. The van der Waals surface area contributed by atoms with Crippen LogP contribution in [-0.2, 0) is 19.4 Å². The van der Waals surface area contributed by atoms with Crippen molar-refractivity contribution in [1.29, 1.82) is 0 Å². The lowest BCUT2D eigenvalue weighted by Crippen LogP contribution is -2.39. The summed E-state index contributed by atoms with van der Waals surface area (Å²) in [5.41, 5.74) is 3.47. The molecule has 0 saturated carbocycles. The predicted molar refractivity (Wildman–Crippen MR) is 86.8 cm³/mol. The Morgan fingerprint density at radius 1 is 1.04 bits per heavy atom. The molecule has 7 nitrogen and oxygen atoms in total. The van der Waals surface area contributed by atoms with E-state index in [1.165, 1.54) is 17.2 Å². The highest BCUT2D eigenvalue weighted by Gasteiger charge is 2.36. The van der Waals surface area contributed by atoms with E-state index in [0.717, 1.165) is 19.0 Å². The minimum absolute atomic E-state index is 0.0996. The highest BCUT2D eigenvalue weighted by atomic mass is 16.6. The molecule has 0 radical (unpaired) electrons. The van der Waals surface area contributed by atoms with Crippen LogP contribution in [0.3, 0.4) is 0 Å².